The van der Waals surface area contributed by atoms with Crippen LogP contribution in [0.1, 0.15) is 0 Å². The van der Waals surface area contributed by atoms with Crippen LogP contribution in [-0.2, 0) is 0 Å². The van der Waals surface area contributed by atoms with Crippen LogP contribution in [0.15, 0.2) is 46.9 Å². The van der Waals surface area contributed by atoms with E-state index in [1.54, 1.807) is 24.3 Å². The van der Waals surface area contributed by atoms with Crippen LogP contribution in [0.4, 0.5) is 5.69 Å². The van der Waals surface area contributed by atoms with Gasteiger partial charge in [-0.3, -0.25) is 10.1 Å². The van der Waals surface area contributed by atoms with Gasteiger partial charge in [0, 0.05) is 16.7 Å². The Kier molecular flexibility index (Phi) is 3.94. The lowest BCUT2D eigenvalue weighted by Gasteiger charge is -2.02. The summed E-state index contributed by atoms with van der Waals surface area (Å²) in [7, 11) is 1.47. The molecule has 1 heterocycles. The van der Waals surface area contributed by atoms with Gasteiger partial charge in [0.2, 0.25) is 5.89 Å². The number of hydrogen-bond acceptors (Lipinski definition) is 6. The van der Waals surface area contributed by atoms with E-state index in [9.17, 15) is 10.1 Å². The maximum absolute atomic E-state index is 11.2. The Hall–Kier alpha value is -2.93. The summed E-state index contributed by atoms with van der Waals surface area (Å²) < 4.78 is 10.6. The second kappa shape index (κ2) is 6.05. The van der Waals surface area contributed by atoms with Gasteiger partial charge in [-0.15, -0.1) is 10.2 Å². The molecule has 0 unspecified atom stereocenters. The molecule has 23 heavy (non-hydrogen) atoms. The van der Waals surface area contributed by atoms with Crippen molar-refractivity contribution in [2.75, 3.05) is 7.11 Å². The Morgan fingerprint density at radius 2 is 1.83 bits per heavy atom. The first-order chi connectivity index (χ1) is 11.1. The van der Waals surface area contributed by atoms with Crippen molar-refractivity contribution in [2.24, 2.45) is 0 Å². The molecule has 1 aromatic heterocycles. The summed E-state index contributed by atoms with van der Waals surface area (Å²) in [6.07, 6.45) is 0. The minimum atomic E-state index is -0.513. The number of ether oxygens (including phenoxy) is 1. The number of benzene rings is 2. The fourth-order valence-corrected chi connectivity index (χ4v) is 2.14. The quantitative estimate of drug-likeness (QED) is 0.530. The number of aromatic nitrogens is 2. The molecule has 0 atom stereocenters. The molecule has 0 N–H and O–H groups in total. The van der Waals surface area contributed by atoms with Gasteiger partial charge in [0.25, 0.3) is 11.6 Å². The number of nitro benzene ring substituents is 1. The molecule has 0 bridgehead atoms. The average molecular weight is 332 g/mol. The van der Waals surface area contributed by atoms with Crippen LogP contribution in [0.25, 0.3) is 22.9 Å². The lowest BCUT2D eigenvalue weighted by molar-refractivity contribution is -0.384. The van der Waals surface area contributed by atoms with E-state index in [-0.39, 0.29) is 23.0 Å². The van der Waals surface area contributed by atoms with E-state index in [1.807, 2.05) is 0 Å². The molecule has 0 saturated heterocycles. The largest absolute Gasteiger partial charge is 0.497 e. The highest BCUT2D eigenvalue weighted by atomic mass is 35.5. The molecule has 3 aromatic rings. The second-order valence-corrected chi connectivity index (χ2v) is 5.00. The first-order valence-corrected chi connectivity index (χ1v) is 6.88. The lowest BCUT2D eigenvalue weighted by atomic mass is 10.1. The lowest BCUT2D eigenvalue weighted by Crippen LogP contribution is -1.93. The topological polar surface area (TPSA) is 91.3 Å². The summed E-state index contributed by atoms with van der Waals surface area (Å²) in [5.74, 6) is 0.742. The molecule has 0 aliphatic carbocycles. The predicted molar refractivity (Wildman–Crippen MR) is 83.4 cm³/mol. The fraction of sp³-hybridized carbons (Fsp3) is 0.0667. The van der Waals surface area contributed by atoms with E-state index >= 15 is 0 Å². The van der Waals surface area contributed by atoms with E-state index in [4.69, 9.17) is 20.8 Å². The van der Waals surface area contributed by atoms with Gasteiger partial charge < -0.3 is 9.15 Å². The van der Waals surface area contributed by atoms with Crippen LogP contribution in [0.5, 0.6) is 5.75 Å². The Labute approximate surface area is 135 Å². The number of halogens is 1. The maximum Gasteiger partial charge on any atom is 0.282 e. The van der Waals surface area contributed by atoms with Crippen molar-refractivity contribution in [3.05, 3.63) is 57.6 Å². The smallest absolute Gasteiger partial charge is 0.282 e. The van der Waals surface area contributed by atoms with Gasteiger partial charge in [-0.25, -0.2) is 0 Å². The van der Waals surface area contributed by atoms with E-state index in [0.29, 0.717) is 16.3 Å². The number of rotatable bonds is 4. The Balaban J connectivity index is 2.06. The zero-order chi connectivity index (χ0) is 16.4. The Bertz CT molecular complexity index is 861. The third kappa shape index (κ3) is 3.00. The van der Waals surface area contributed by atoms with Gasteiger partial charge in [0.1, 0.15) is 11.3 Å². The molecule has 0 saturated carbocycles. The number of methoxy groups -OCH3 is 1. The van der Waals surface area contributed by atoms with Crippen LogP contribution in [-0.4, -0.2) is 22.2 Å². The molecule has 116 valence electrons. The molecule has 0 aliphatic heterocycles. The molecule has 0 radical (unpaired) electrons. The van der Waals surface area contributed by atoms with Crippen molar-refractivity contribution >= 4 is 17.3 Å². The van der Waals surface area contributed by atoms with Gasteiger partial charge in [0.15, 0.2) is 0 Å². The monoisotopic (exact) mass is 331 g/mol. The molecule has 2 aromatic carbocycles. The molecule has 3 rings (SSSR count). The molecule has 8 heteroatoms. The van der Waals surface area contributed by atoms with E-state index < -0.39 is 4.92 Å². The summed E-state index contributed by atoms with van der Waals surface area (Å²) in [4.78, 5) is 10.7. The highest BCUT2D eigenvalue weighted by Gasteiger charge is 2.21. The third-order valence-corrected chi connectivity index (χ3v) is 3.40. The SMILES string of the molecule is COc1ccc([N+](=O)[O-])c(-c2nnc(-c3ccc(Cl)cc3)o2)c1. The second-order valence-electron chi connectivity index (χ2n) is 4.56. The Morgan fingerprint density at radius 1 is 1.13 bits per heavy atom. The number of nitro groups is 1. The van der Waals surface area contributed by atoms with Gasteiger partial charge in [-0.1, -0.05) is 11.6 Å². The minimum absolute atomic E-state index is 0.0422. The first-order valence-electron chi connectivity index (χ1n) is 6.50. The fourth-order valence-electron chi connectivity index (χ4n) is 2.01. The zero-order valence-corrected chi connectivity index (χ0v) is 12.6. The number of hydrogen-bond donors (Lipinski definition) is 0. The summed E-state index contributed by atoms with van der Waals surface area (Å²) in [6, 6.07) is 11.1. The van der Waals surface area contributed by atoms with Crippen LogP contribution < -0.4 is 4.74 Å². The van der Waals surface area contributed by atoms with E-state index in [0.717, 1.165) is 0 Å². The van der Waals surface area contributed by atoms with Crippen molar-refractivity contribution < 1.29 is 14.1 Å². The summed E-state index contributed by atoms with van der Waals surface area (Å²) >= 11 is 5.83. The molecule has 0 fully saturated rings. The molecule has 0 spiro atoms. The normalized spacial score (nSPS) is 10.5. The van der Waals surface area contributed by atoms with Crippen molar-refractivity contribution in [2.45, 2.75) is 0 Å². The zero-order valence-electron chi connectivity index (χ0n) is 11.9. The van der Waals surface area contributed by atoms with Crippen LogP contribution in [0.3, 0.4) is 0 Å². The minimum Gasteiger partial charge on any atom is -0.497 e. The molecule has 0 amide bonds. The molecular weight excluding hydrogens is 322 g/mol. The number of nitrogens with zero attached hydrogens (tertiary/aromatic N) is 3. The first kappa shape index (κ1) is 15.0. The van der Waals surface area contributed by atoms with Gasteiger partial charge >= 0.3 is 0 Å². The van der Waals surface area contributed by atoms with Crippen molar-refractivity contribution in [3.63, 3.8) is 0 Å². The van der Waals surface area contributed by atoms with Crippen LogP contribution >= 0.6 is 11.6 Å². The molecule has 0 aliphatic rings. The van der Waals surface area contributed by atoms with Crippen molar-refractivity contribution in [1.29, 1.82) is 0 Å². The van der Waals surface area contributed by atoms with Crippen LogP contribution in [0, 0.1) is 10.1 Å². The summed E-state index contributed by atoms with van der Waals surface area (Å²) in [6.45, 7) is 0. The van der Waals surface area contributed by atoms with Gasteiger partial charge in [-0.05, 0) is 36.4 Å². The van der Waals surface area contributed by atoms with E-state index in [1.165, 1.54) is 25.3 Å². The molecule has 7 nitrogen and oxygen atoms in total. The molecular formula is C15H10ClN3O4. The summed E-state index contributed by atoms with van der Waals surface area (Å²) in [5.41, 5.74) is 0.720. The van der Waals surface area contributed by atoms with Gasteiger partial charge in [0.05, 0.1) is 12.0 Å². The van der Waals surface area contributed by atoms with E-state index in [2.05, 4.69) is 10.2 Å². The highest BCUT2D eigenvalue weighted by Crippen LogP contribution is 2.33. The third-order valence-electron chi connectivity index (χ3n) is 3.15. The standard InChI is InChI=1S/C15H10ClN3O4/c1-22-11-6-7-13(19(20)21)12(8-11)15-18-17-14(23-15)9-2-4-10(16)5-3-9/h2-8H,1H3. The highest BCUT2D eigenvalue weighted by molar-refractivity contribution is 6.30. The predicted octanol–water partition coefficient (Wildman–Crippen LogP) is 3.97. The van der Waals surface area contributed by atoms with Gasteiger partial charge in [-0.2, -0.15) is 0 Å². The van der Waals surface area contributed by atoms with Crippen molar-refractivity contribution in [3.8, 4) is 28.7 Å². The average Bonchev–Trinajstić information content (AvgIpc) is 3.04. The Morgan fingerprint density at radius 3 is 2.48 bits per heavy atom. The van der Waals surface area contributed by atoms with Crippen LogP contribution in [0.2, 0.25) is 5.02 Å². The maximum atomic E-state index is 11.2. The summed E-state index contributed by atoms with van der Waals surface area (Å²) in [5, 5.41) is 19.6. The van der Waals surface area contributed by atoms with Crippen molar-refractivity contribution in [1.82, 2.24) is 10.2 Å².